The fraction of sp³-hybridized carbons (Fsp3) is 0.364. The van der Waals surface area contributed by atoms with E-state index in [2.05, 4.69) is 0 Å². The highest BCUT2D eigenvalue weighted by molar-refractivity contribution is 7.89. The highest BCUT2D eigenvalue weighted by Crippen LogP contribution is 2.48. The van der Waals surface area contributed by atoms with Crippen molar-refractivity contribution in [3.05, 3.63) is 48.0 Å². The van der Waals surface area contributed by atoms with Crippen molar-refractivity contribution in [2.75, 3.05) is 38.8 Å². The van der Waals surface area contributed by atoms with Crippen molar-refractivity contribution in [1.82, 2.24) is 4.31 Å². The lowest BCUT2D eigenvalue weighted by Gasteiger charge is -2.38. The van der Waals surface area contributed by atoms with Crippen LogP contribution in [0, 0.1) is 0 Å². The monoisotopic (exact) mass is 460 g/mol. The van der Waals surface area contributed by atoms with E-state index in [1.807, 2.05) is 12.1 Å². The van der Waals surface area contributed by atoms with E-state index in [1.165, 1.54) is 35.6 Å². The van der Waals surface area contributed by atoms with E-state index in [1.54, 1.807) is 18.2 Å². The molecular formula is C22H24N2O7S. The fourth-order valence-corrected chi connectivity index (χ4v) is 6.22. The number of amides is 1. The molecule has 0 atom stereocenters. The third-order valence-electron chi connectivity index (χ3n) is 6.22. The van der Waals surface area contributed by atoms with Crippen LogP contribution in [0.4, 0.5) is 5.69 Å². The van der Waals surface area contributed by atoms with Crippen molar-refractivity contribution < 1.29 is 32.6 Å². The predicted molar refractivity (Wildman–Crippen MR) is 116 cm³/mol. The molecule has 2 aromatic carbocycles. The summed E-state index contributed by atoms with van der Waals surface area (Å²) in [5, 5.41) is 9.27. The largest absolute Gasteiger partial charge is 0.497 e. The Labute approximate surface area is 186 Å². The van der Waals surface area contributed by atoms with Gasteiger partial charge in [-0.3, -0.25) is 9.59 Å². The van der Waals surface area contributed by atoms with Gasteiger partial charge in [0.15, 0.2) is 0 Å². The molecule has 9 nitrogen and oxygen atoms in total. The minimum absolute atomic E-state index is 0.000882. The average Bonchev–Trinajstić information content (AvgIpc) is 3.01. The number of hydrogen-bond donors (Lipinski definition) is 1. The molecule has 0 bridgehead atoms. The maximum absolute atomic E-state index is 13.4. The maximum Gasteiger partial charge on any atom is 0.323 e. The lowest BCUT2D eigenvalue weighted by Crippen LogP contribution is -2.50. The van der Waals surface area contributed by atoms with Crippen molar-refractivity contribution in [3.63, 3.8) is 0 Å². The molecule has 1 amide bonds. The number of benzene rings is 2. The van der Waals surface area contributed by atoms with Crippen molar-refractivity contribution >= 4 is 27.6 Å². The van der Waals surface area contributed by atoms with Gasteiger partial charge < -0.3 is 19.5 Å². The molecule has 2 heterocycles. The summed E-state index contributed by atoms with van der Waals surface area (Å²) < 4.78 is 38.5. The number of aliphatic carboxylic acids is 1. The summed E-state index contributed by atoms with van der Waals surface area (Å²) >= 11 is 0. The van der Waals surface area contributed by atoms with Gasteiger partial charge in [-0.2, -0.15) is 4.31 Å². The Morgan fingerprint density at radius 3 is 2.41 bits per heavy atom. The number of carboxylic acids is 1. The van der Waals surface area contributed by atoms with Crippen LogP contribution in [-0.2, 0) is 25.0 Å². The van der Waals surface area contributed by atoms with E-state index in [4.69, 9.17) is 9.47 Å². The SMILES string of the molecule is COc1ccc(OC)c(S(=O)(=O)N2CCC3(CC2)C(=O)N(CC(=O)O)c2ccccc23)c1. The third-order valence-corrected chi connectivity index (χ3v) is 8.14. The third kappa shape index (κ3) is 3.39. The highest BCUT2D eigenvalue weighted by Gasteiger charge is 2.53. The molecule has 170 valence electrons. The number of para-hydroxylation sites is 1. The molecule has 0 saturated carbocycles. The molecule has 2 aliphatic heterocycles. The highest BCUT2D eigenvalue weighted by atomic mass is 32.2. The molecule has 4 rings (SSSR count). The van der Waals surface area contributed by atoms with Crippen LogP contribution in [0.5, 0.6) is 11.5 Å². The van der Waals surface area contributed by atoms with Gasteiger partial charge in [-0.05, 0) is 36.6 Å². The van der Waals surface area contributed by atoms with Crippen LogP contribution < -0.4 is 14.4 Å². The van der Waals surface area contributed by atoms with Gasteiger partial charge >= 0.3 is 5.97 Å². The Kier molecular flexibility index (Phi) is 5.59. The first-order valence-electron chi connectivity index (χ1n) is 10.1. The van der Waals surface area contributed by atoms with Gasteiger partial charge in [0, 0.05) is 24.8 Å². The number of hydrogen-bond acceptors (Lipinski definition) is 6. The average molecular weight is 461 g/mol. The minimum Gasteiger partial charge on any atom is -0.497 e. The Morgan fingerprint density at radius 1 is 1.09 bits per heavy atom. The quantitative estimate of drug-likeness (QED) is 0.700. The Hall–Kier alpha value is -3.11. The number of fused-ring (bicyclic) bond motifs is 2. The molecule has 0 unspecified atom stereocenters. The zero-order valence-corrected chi connectivity index (χ0v) is 18.6. The lowest BCUT2D eigenvalue weighted by molar-refractivity contribution is -0.137. The smallest absolute Gasteiger partial charge is 0.323 e. The summed E-state index contributed by atoms with van der Waals surface area (Å²) in [7, 11) is -1.05. The molecular weight excluding hydrogens is 436 g/mol. The summed E-state index contributed by atoms with van der Waals surface area (Å²) in [6.07, 6.45) is 0.509. The van der Waals surface area contributed by atoms with Crippen LogP contribution in [0.3, 0.4) is 0 Å². The molecule has 1 saturated heterocycles. The second-order valence-corrected chi connectivity index (χ2v) is 9.71. The molecule has 32 heavy (non-hydrogen) atoms. The number of ether oxygens (including phenoxy) is 2. The number of anilines is 1. The molecule has 0 radical (unpaired) electrons. The first-order valence-corrected chi connectivity index (χ1v) is 11.5. The Balaban J connectivity index is 1.65. The molecule has 1 fully saturated rings. The van der Waals surface area contributed by atoms with E-state index in [0.717, 1.165) is 5.56 Å². The maximum atomic E-state index is 13.4. The summed E-state index contributed by atoms with van der Waals surface area (Å²) in [5.74, 6) is -0.796. The predicted octanol–water partition coefficient (Wildman–Crippen LogP) is 1.86. The van der Waals surface area contributed by atoms with Crippen molar-refractivity contribution in [1.29, 1.82) is 0 Å². The summed E-state index contributed by atoms with van der Waals surface area (Å²) in [6, 6.07) is 11.7. The number of piperidine rings is 1. The topological polar surface area (TPSA) is 113 Å². The van der Waals surface area contributed by atoms with Crippen LogP contribution in [0.1, 0.15) is 18.4 Å². The Bertz CT molecular complexity index is 1170. The summed E-state index contributed by atoms with van der Waals surface area (Å²) in [5.41, 5.74) is 0.393. The van der Waals surface area contributed by atoms with Crippen molar-refractivity contribution in [2.45, 2.75) is 23.2 Å². The van der Waals surface area contributed by atoms with Gasteiger partial charge in [0.25, 0.3) is 0 Å². The van der Waals surface area contributed by atoms with Gasteiger partial charge in [-0.1, -0.05) is 18.2 Å². The van der Waals surface area contributed by atoms with Crippen LogP contribution in [0.15, 0.2) is 47.4 Å². The van der Waals surface area contributed by atoms with E-state index < -0.39 is 28.0 Å². The first kappa shape index (κ1) is 22.1. The number of carbonyl (C=O) groups excluding carboxylic acids is 1. The molecule has 0 aromatic heterocycles. The molecule has 1 spiro atoms. The number of carbonyl (C=O) groups is 2. The van der Waals surface area contributed by atoms with Crippen molar-refractivity contribution in [3.8, 4) is 11.5 Å². The van der Waals surface area contributed by atoms with E-state index in [-0.39, 0.29) is 42.5 Å². The second kappa shape index (κ2) is 8.10. The number of rotatable bonds is 6. The second-order valence-electron chi connectivity index (χ2n) is 7.81. The van der Waals surface area contributed by atoms with Crippen LogP contribution in [0.25, 0.3) is 0 Å². The van der Waals surface area contributed by atoms with Gasteiger partial charge in [0.2, 0.25) is 15.9 Å². The normalized spacial score (nSPS) is 17.9. The molecule has 2 aliphatic rings. The molecule has 0 aliphatic carbocycles. The first-order chi connectivity index (χ1) is 15.2. The molecule has 10 heteroatoms. The van der Waals surface area contributed by atoms with Gasteiger partial charge in [0.1, 0.15) is 22.9 Å². The van der Waals surface area contributed by atoms with E-state index in [9.17, 15) is 23.1 Å². The van der Waals surface area contributed by atoms with E-state index in [0.29, 0.717) is 11.4 Å². The Morgan fingerprint density at radius 2 is 1.78 bits per heavy atom. The van der Waals surface area contributed by atoms with Gasteiger partial charge in [-0.25, -0.2) is 8.42 Å². The zero-order valence-electron chi connectivity index (χ0n) is 17.8. The van der Waals surface area contributed by atoms with Crippen LogP contribution in [-0.4, -0.2) is 63.6 Å². The van der Waals surface area contributed by atoms with Gasteiger partial charge in [-0.15, -0.1) is 0 Å². The summed E-state index contributed by atoms with van der Waals surface area (Å²) in [6.45, 7) is -0.200. The number of nitrogens with zero attached hydrogens (tertiary/aromatic N) is 2. The lowest BCUT2D eigenvalue weighted by atomic mass is 9.74. The minimum atomic E-state index is -3.90. The van der Waals surface area contributed by atoms with Gasteiger partial charge in [0.05, 0.1) is 19.6 Å². The zero-order chi connectivity index (χ0) is 23.1. The van der Waals surface area contributed by atoms with Crippen LogP contribution >= 0.6 is 0 Å². The molecule has 1 N–H and O–H groups in total. The summed E-state index contributed by atoms with van der Waals surface area (Å²) in [4.78, 5) is 26.0. The van der Waals surface area contributed by atoms with Crippen LogP contribution in [0.2, 0.25) is 0 Å². The van der Waals surface area contributed by atoms with Crippen molar-refractivity contribution in [2.24, 2.45) is 0 Å². The number of sulfonamides is 1. The molecule has 2 aromatic rings. The fourth-order valence-electron chi connectivity index (χ4n) is 4.61. The standard InChI is InChI=1S/C22H24N2O7S/c1-30-15-7-8-18(31-2)19(13-15)32(28,29)23-11-9-22(10-12-23)16-5-3-4-6-17(16)24(21(22)27)14-20(25)26/h3-8,13H,9-12,14H2,1-2H3,(H,25,26). The number of methoxy groups -OCH3 is 2. The van der Waals surface area contributed by atoms with E-state index >= 15 is 0 Å². The number of carboxylic acid groups (broad SMARTS) is 1.